The molecule has 0 unspecified atom stereocenters. The topological polar surface area (TPSA) is 0 Å². The molecule has 0 aliphatic rings. The highest BCUT2D eigenvalue weighted by Crippen LogP contribution is 2.15. The van der Waals surface area contributed by atoms with Gasteiger partial charge in [0.2, 0.25) is 0 Å². The van der Waals surface area contributed by atoms with Crippen LogP contribution in [0.25, 0.3) is 0 Å². The first-order valence-corrected chi connectivity index (χ1v) is 14.4. The molecular formula is C32H57. The summed E-state index contributed by atoms with van der Waals surface area (Å²) < 4.78 is 0. The first-order valence-electron chi connectivity index (χ1n) is 14.4. The molecule has 0 nitrogen and oxygen atoms in total. The molecule has 0 aromatic rings. The van der Waals surface area contributed by atoms with Crippen LogP contribution >= 0.6 is 0 Å². The minimum Gasteiger partial charge on any atom is -0.0845 e. The van der Waals surface area contributed by atoms with E-state index in [0.717, 1.165) is 0 Å². The molecule has 0 rings (SSSR count). The lowest BCUT2D eigenvalue weighted by molar-refractivity contribution is 0.519. The average molecular weight is 442 g/mol. The molecule has 0 amide bonds. The molecule has 1 radical (unpaired) electrons. The van der Waals surface area contributed by atoms with Crippen LogP contribution in [0.2, 0.25) is 0 Å². The maximum absolute atomic E-state index is 5.27. The molecular weight excluding hydrogens is 384 g/mol. The Bertz CT molecular complexity index is 425. The number of allylic oxidation sites excluding steroid dienone is 7. The molecule has 0 saturated carbocycles. The normalized spacial score (nSPS) is 12.0. The number of hydrogen-bond acceptors (Lipinski definition) is 0. The van der Waals surface area contributed by atoms with Crippen LogP contribution < -0.4 is 0 Å². The standard InChI is InChI=1S/C32H57/c1-3-5-7-9-11-13-15-17-19-21-23-25-27-29-31-32-30-28-26-24-22-20-18-16-14-12-10-8-6-4-2/h1,3,5,7,9,11,13,15H,4,6,8,10,12,14,16-32H2,2H3/b3-1?,7-5+,11-9+,15-13+. The number of rotatable bonds is 26. The van der Waals surface area contributed by atoms with E-state index in [-0.39, 0.29) is 0 Å². The van der Waals surface area contributed by atoms with Crippen LogP contribution in [0.4, 0.5) is 0 Å². The van der Waals surface area contributed by atoms with Gasteiger partial charge in [-0.25, -0.2) is 0 Å². The van der Waals surface area contributed by atoms with Crippen molar-refractivity contribution < 1.29 is 0 Å². The van der Waals surface area contributed by atoms with Gasteiger partial charge < -0.3 is 0 Å². The third kappa shape index (κ3) is 29.0. The van der Waals surface area contributed by atoms with Gasteiger partial charge in [0.15, 0.2) is 0 Å². The van der Waals surface area contributed by atoms with Crippen LogP contribution in [0.5, 0.6) is 0 Å². The van der Waals surface area contributed by atoms with E-state index in [9.17, 15) is 0 Å². The maximum Gasteiger partial charge on any atom is -0.0348 e. The molecule has 0 bridgehead atoms. The summed E-state index contributed by atoms with van der Waals surface area (Å²) >= 11 is 0. The van der Waals surface area contributed by atoms with Crippen molar-refractivity contribution in [2.24, 2.45) is 0 Å². The minimum atomic E-state index is 1.20. The Morgan fingerprint density at radius 2 is 0.688 bits per heavy atom. The zero-order valence-corrected chi connectivity index (χ0v) is 21.9. The number of unbranched alkanes of at least 4 members (excludes halogenated alkanes) is 22. The van der Waals surface area contributed by atoms with E-state index in [1.165, 1.54) is 148 Å². The lowest BCUT2D eigenvalue weighted by atomic mass is 10.0. The van der Waals surface area contributed by atoms with Crippen molar-refractivity contribution in [2.45, 2.75) is 155 Å². The Morgan fingerprint density at radius 3 is 1.06 bits per heavy atom. The van der Waals surface area contributed by atoms with Gasteiger partial charge in [-0.15, -0.1) is 0 Å². The second kappa shape index (κ2) is 30.0. The maximum atomic E-state index is 5.27. The molecule has 0 atom stereocenters. The van der Waals surface area contributed by atoms with Crippen molar-refractivity contribution in [1.29, 1.82) is 0 Å². The van der Waals surface area contributed by atoms with E-state index in [4.69, 9.17) is 6.58 Å². The molecule has 0 saturated heterocycles. The molecule has 32 heavy (non-hydrogen) atoms. The largest absolute Gasteiger partial charge is 0.0845 e. The molecule has 0 heteroatoms. The molecule has 0 spiro atoms. The van der Waals surface area contributed by atoms with E-state index in [1.807, 2.05) is 18.2 Å². The zero-order chi connectivity index (χ0) is 23.2. The van der Waals surface area contributed by atoms with E-state index >= 15 is 0 Å². The summed E-state index contributed by atoms with van der Waals surface area (Å²) in [6, 6.07) is 0. The van der Waals surface area contributed by atoms with Crippen molar-refractivity contribution in [1.82, 2.24) is 0 Å². The SMILES string of the molecule is [CH]=C/C=C/C=C/C=C/CCCCCCCCCCCCCCCCCCCCCCCC. The summed E-state index contributed by atoms with van der Waals surface area (Å²) in [6.45, 7) is 7.57. The smallest absolute Gasteiger partial charge is 0.0348 e. The van der Waals surface area contributed by atoms with Crippen LogP contribution in [-0.2, 0) is 0 Å². The predicted octanol–water partition coefficient (Wildman–Crippen LogP) is 11.6. The fraction of sp³-hybridized carbons (Fsp3) is 0.750. The van der Waals surface area contributed by atoms with Crippen molar-refractivity contribution in [3.05, 3.63) is 49.1 Å². The van der Waals surface area contributed by atoms with E-state index in [2.05, 4.69) is 25.2 Å². The first kappa shape index (κ1) is 31.0. The van der Waals surface area contributed by atoms with Crippen LogP contribution in [0.15, 0.2) is 42.5 Å². The molecule has 0 N–H and O–H groups in total. The Morgan fingerprint density at radius 1 is 0.375 bits per heavy atom. The minimum absolute atomic E-state index is 1.20. The lowest BCUT2D eigenvalue weighted by Crippen LogP contribution is -1.84. The van der Waals surface area contributed by atoms with Gasteiger partial charge in [-0.05, 0) is 12.8 Å². The van der Waals surface area contributed by atoms with Gasteiger partial charge in [0, 0.05) is 0 Å². The van der Waals surface area contributed by atoms with Gasteiger partial charge >= 0.3 is 0 Å². The third-order valence-electron chi connectivity index (χ3n) is 6.42. The Hall–Kier alpha value is -1.04. The van der Waals surface area contributed by atoms with Crippen LogP contribution in [0.1, 0.15) is 155 Å². The Balaban J connectivity index is 3.09. The molecule has 0 fully saturated rings. The average Bonchev–Trinajstić information content (AvgIpc) is 2.81. The summed E-state index contributed by atoms with van der Waals surface area (Å²) in [4.78, 5) is 0. The fourth-order valence-corrected chi connectivity index (χ4v) is 4.30. The molecule has 0 aliphatic carbocycles. The summed E-state index contributed by atoms with van der Waals surface area (Å²) in [5.41, 5.74) is 0. The summed E-state index contributed by atoms with van der Waals surface area (Å²) in [5, 5.41) is 0. The third-order valence-corrected chi connectivity index (χ3v) is 6.42. The molecule has 0 heterocycles. The highest BCUT2D eigenvalue weighted by Gasteiger charge is 1.95. The molecule has 0 aromatic heterocycles. The summed E-state index contributed by atoms with van der Waals surface area (Å²) in [6.07, 6.45) is 46.9. The molecule has 185 valence electrons. The van der Waals surface area contributed by atoms with Crippen molar-refractivity contribution in [2.75, 3.05) is 0 Å². The van der Waals surface area contributed by atoms with Gasteiger partial charge in [-0.1, -0.05) is 191 Å². The van der Waals surface area contributed by atoms with Crippen molar-refractivity contribution >= 4 is 0 Å². The second-order valence-corrected chi connectivity index (χ2v) is 9.60. The monoisotopic (exact) mass is 441 g/mol. The first-order chi connectivity index (χ1) is 15.9. The van der Waals surface area contributed by atoms with Gasteiger partial charge in [-0.2, -0.15) is 0 Å². The lowest BCUT2D eigenvalue weighted by Gasteiger charge is -2.04. The molecule has 0 aliphatic heterocycles. The van der Waals surface area contributed by atoms with Gasteiger partial charge in [0.25, 0.3) is 0 Å². The number of hydrogen-bond donors (Lipinski definition) is 0. The van der Waals surface area contributed by atoms with E-state index in [0.29, 0.717) is 0 Å². The van der Waals surface area contributed by atoms with Crippen LogP contribution in [0.3, 0.4) is 0 Å². The highest BCUT2D eigenvalue weighted by molar-refractivity contribution is 5.13. The Kier molecular flexibility index (Phi) is 29.0. The van der Waals surface area contributed by atoms with Crippen LogP contribution in [-0.4, -0.2) is 0 Å². The van der Waals surface area contributed by atoms with Gasteiger partial charge in [-0.3, -0.25) is 0 Å². The van der Waals surface area contributed by atoms with Gasteiger partial charge in [0.05, 0.1) is 0 Å². The summed E-state index contributed by atoms with van der Waals surface area (Å²) in [5.74, 6) is 0. The van der Waals surface area contributed by atoms with Crippen molar-refractivity contribution in [3.8, 4) is 0 Å². The summed E-state index contributed by atoms with van der Waals surface area (Å²) in [7, 11) is 0. The van der Waals surface area contributed by atoms with Crippen molar-refractivity contribution in [3.63, 3.8) is 0 Å². The Labute approximate surface area is 203 Å². The zero-order valence-electron chi connectivity index (χ0n) is 21.9. The van der Waals surface area contributed by atoms with E-state index < -0.39 is 0 Å². The fourth-order valence-electron chi connectivity index (χ4n) is 4.30. The second-order valence-electron chi connectivity index (χ2n) is 9.60. The molecule has 0 aromatic carbocycles. The predicted molar refractivity (Wildman–Crippen MR) is 148 cm³/mol. The van der Waals surface area contributed by atoms with Gasteiger partial charge in [0.1, 0.15) is 0 Å². The van der Waals surface area contributed by atoms with Crippen LogP contribution in [0, 0.1) is 6.58 Å². The highest BCUT2D eigenvalue weighted by atomic mass is 14.0. The van der Waals surface area contributed by atoms with E-state index in [1.54, 1.807) is 6.08 Å². The quantitative estimate of drug-likeness (QED) is 0.0924.